The third-order valence-corrected chi connectivity index (χ3v) is 4.40. The number of methoxy groups -OCH3 is 1. The molecule has 0 fully saturated rings. The molecule has 33 heavy (non-hydrogen) atoms. The summed E-state index contributed by atoms with van der Waals surface area (Å²) >= 11 is 0. The molecule has 0 saturated heterocycles. The summed E-state index contributed by atoms with van der Waals surface area (Å²) in [4.78, 5) is 52.0. The quantitative estimate of drug-likeness (QED) is 0.388. The first-order valence-electron chi connectivity index (χ1n) is 10.5. The lowest BCUT2D eigenvalue weighted by Crippen LogP contribution is -2.19. The van der Waals surface area contributed by atoms with Gasteiger partial charge in [-0.15, -0.1) is 0 Å². The van der Waals surface area contributed by atoms with Gasteiger partial charge in [-0.25, -0.2) is 19.2 Å². The second kappa shape index (κ2) is 11.7. The van der Waals surface area contributed by atoms with Crippen LogP contribution >= 0.6 is 0 Å². The van der Waals surface area contributed by atoms with Crippen molar-refractivity contribution in [1.82, 2.24) is 4.57 Å². The van der Waals surface area contributed by atoms with Gasteiger partial charge in [0.05, 0.1) is 33.5 Å². The maximum Gasteiger partial charge on any atom is 0.356 e. The first-order chi connectivity index (χ1) is 15.9. The maximum atomic E-state index is 13.0. The van der Waals surface area contributed by atoms with Gasteiger partial charge in [0.2, 0.25) is 0 Å². The van der Waals surface area contributed by atoms with Crippen molar-refractivity contribution < 1.29 is 42.9 Å². The lowest BCUT2D eigenvalue weighted by Gasteiger charge is -2.13. The minimum absolute atomic E-state index is 0.0155. The Morgan fingerprint density at radius 3 is 1.33 bits per heavy atom. The minimum Gasteiger partial charge on any atom is -0.497 e. The molecular formula is C23H27NO9. The highest BCUT2D eigenvalue weighted by atomic mass is 16.5. The predicted molar refractivity (Wildman–Crippen MR) is 116 cm³/mol. The second-order valence-electron chi connectivity index (χ2n) is 6.36. The van der Waals surface area contributed by atoms with Crippen LogP contribution in [0.25, 0.3) is 5.69 Å². The lowest BCUT2D eigenvalue weighted by atomic mass is 10.1. The van der Waals surface area contributed by atoms with Crippen LogP contribution in [0.15, 0.2) is 24.3 Å². The zero-order valence-corrected chi connectivity index (χ0v) is 19.3. The normalized spacial score (nSPS) is 10.3. The maximum absolute atomic E-state index is 13.0. The standard InChI is InChI=1S/C23H27NO9/c1-6-30-20(25)16-17(21(26)31-7-2)19(23(28)33-9-4)24(18(16)22(27)32-8-3)14-10-12-15(29-5)13-11-14/h10-13H,6-9H2,1-5H3. The van der Waals surface area contributed by atoms with Crippen LogP contribution in [0.3, 0.4) is 0 Å². The molecule has 1 heterocycles. The monoisotopic (exact) mass is 461 g/mol. The topological polar surface area (TPSA) is 119 Å². The number of hydrogen-bond acceptors (Lipinski definition) is 9. The van der Waals surface area contributed by atoms with Gasteiger partial charge in [-0.2, -0.15) is 0 Å². The van der Waals surface area contributed by atoms with Crippen LogP contribution in [0.5, 0.6) is 5.75 Å². The third-order valence-electron chi connectivity index (χ3n) is 4.40. The van der Waals surface area contributed by atoms with E-state index in [1.807, 2.05) is 0 Å². The van der Waals surface area contributed by atoms with Gasteiger partial charge in [0.25, 0.3) is 0 Å². The summed E-state index contributed by atoms with van der Waals surface area (Å²) in [5.41, 5.74) is -1.30. The van der Waals surface area contributed by atoms with Crippen LogP contribution in [0, 0.1) is 0 Å². The van der Waals surface area contributed by atoms with E-state index in [2.05, 4.69) is 0 Å². The number of aromatic nitrogens is 1. The largest absolute Gasteiger partial charge is 0.497 e. The van der Waals surface area contributed by atoms with Crippen molar-refractivity contribution in [3.8, 4) is 11.4 Å². The van der Waals surface area contributed by atoms with E-state index >= 15 is 0 Å². The van der Waals surface area contributed by atoms with E-state index in [1.165, 1.54) is 7.11 Å². The van der Waals surface area contributed by atoms with Gasteiger partial charge in [0, 0.05) is 5.69 Å². The number of nitrogens with zero attached hydrogens (tertiary/aromatic N) is 1. The number of ether oxygens (including phenoxy) is 5. The summed E-state index contributed by atoms with van der Waals surface area (Å²) in [5.74, 6) is -3.32. The van der Waals surface area contributed by atoms with E-state index in [0.717, 1.165) is 4.57 Å². The molecule has 0 unspecified atom stereocenters. The van der Waals surface area contributed by atoms with Crippen LogP contribution in [-0.2, 0) is 18.9 Å². The van der Waals surface area contributed by atoms with E-state index < -0.39 is 35.0 Å². The molecule has 0 aliphatic carbocycles. The Balaban J connectivity index is 3.05. The fourth-order valence-corrected chi connectivity index (χ4v) is 3.15. The van der Waals surface area contributed by atoms with E-state index in [1.54, 1.807) is 52.0 Å². The Hall–Kier alpha value is -3.82. The number of hydrogen-bond donors (Lipinski definition) is 0. The molecule has 0 bridgehead atoms. The Labute approximate surface area is 191 Å². The number of carbonyl (C=O) groups is 4. The summed E-state index contributed by atoms with van der Waals surface area (Å²) in [6.45, 7) is 6.20. The molecule has 2 rings (SSSR count). The van der Waals surface area contributed by atoms with Gasteiger partial charge in [-0.3, -0.25) is 4.57 Å². The number of esters is 4. The van der Waals surface area contributed by atoms with Gasteiger partial charge in [0.1, 0.15) is 28.3 Å². The molecule has 178 valence electrons. The van der Waals surface area contributed by atoms with E-state index in [0.29, 0.717) is 5.75 Å². The van der Waals surface area contributed by atoms with Crippen LogP contribution < -0.4 is 4.74 Å². The van der Waals surface area contributed by atoms with Crippen LogP contribution in [-0.4, -0.2) is 62.0 Å². The average Bonchev–Trinajstić information content (AvgIpc) is 3.16. The fourth-order valence-electron chi connectivity index (χ4n) is 3.15. The van der Waals surface area contributed by atoms with Crippen LogP contribution in [0.2, 0.25) is 0 Å². The Morgan fingerprint density at radius 1 is 0.636 bits per heavy atom. The first-order valence-corrected chi connectivity index (χ1v) is 10.5. The highest BCUT2D eigenvalue weighted by molar-refractivity contribution is 6.16. The van der Waals surface area contributed by atoms with Crippen molar-refractivity contribution in [3.05, 3.63) is 46.8 Å². The average molecular weight is 461 g/mol. The summed E-state index contributed by atoms with van der Waals surface area (Å²) in [5, 5.41) is 0. The molecule has 10 nitrogen and oxygen atoms in total. The highest BCUT2D eigenvalue weighted by Gasteiger charge is 2.40. The van der Waals surface area contributed by atoms with Crippen molar-refractivity contribution in [1.29, 1.82) is 0 Å². The molecule has 0 spiro atoms. The Bertz CT molecular complexity index is 964. The van der Waals surface area contributed by atoms with Crippen LogP contribution in [0.4, 0.5) is 0 Å². The molecule has 0 aliphatic heterocycles. The molecule has 0 N–H and O–H groups in total. The summed E-state index contributed by atoms with van der Waals surface area (Å²) in [7, 11) is 1.48. The van der Waals surface area contributed by atoms with E-state index in [4.69, 9.17) is 23.7 Å². The molecule has 1 aromatic carbocycles. The van der Waals surface area contributed by atoms with Crippen molar-refractivity contribution >= 4 is 23.9 Å². The third kappa shape index (κ3) is 5.33. The summed E-state index contributed by atoms with van der Waals surface area (Å²) in [6, 6.07) is 6.28. The van der Waals surface area contributed by atoms with E-state index in [9.17, 15) is 19.2 Å². The minimum atomic E-state index is -0.985. The molecule has 0 saturated carbocycles. The first kappa shape index (κ1) is 25.4. The number of benzene rings is 1. The number of rotatable bonds is 10. The van der Waals surface area contributed by atoms with Gasteiger partial charge >= 0.3 is 23.9 Å². The second-order valence-corrected chi connectivity index (χ2v) is 6.36. The van der Waals surface area contributed by atoms with Gasteiger partial charge in [-0.05, 0) is 52.0 Å². The molecule has 0 atom stereocenters. The lowest BCUT2D eigenvalue weighted by molar-refractivity contribution is 0.0453. The molecule has 2 aromatic rings. The Kier molecular flexibility index (Phi) is 9.02. The summed E-state index contributed by atoms with van der Waals surface area (Å²) < 4.78 is 26.8. The van der Waals surface area contributed by atoms with E-state index in [-0.39, 0.29) is 43.5 Å². The molecule has 0 aliphatic rings. The molecule has 1 aromatic heterocycles. The number of carbonyl (C=O) groups excluding carboxylic acids is 4. The Morgan fingerprint density at radius 2 is 1.00 bits per heavy atom. The van der Waals surface area contributed by atoms with Crippen LogP contribution in [0.1, 0.15) is 69.4 Å². The van der Waals surface area contributed by atoms with Crippen molar-refractivity contribution in [2.45, 2.75) is 27.7 Å². The van der Waals surface area contributed by atoms with Crippen molar-refractivity contribution in [2.75, 3.05) is 33.5 Å². The van der Waals surface area contributed by atoms with Gasteiger partial charge < -0.3 is 23.7 Å². The zero-order valence-electron chi connectivity index (χ0n) is 19.3. The van der Waals surface area contributed by atoms with Gasteiger partial charge in [0.15, 0.2) is 0 Å². The highest BCUT2D eigenvalue weighted by Crippen LogP contribution is 2.31. The van der Waals surface area contributed by atoms with Gasteiger partial charge in [-0.1, -0.05) is 0 Å². The molecule has 0 amide bonds. The fraction of sp³-hybridized carbons (Fsp3) is 0.391. The predicted octanol–water partition coefficient (Wildman–Crippen LogP) is 3.19. The SMILES string of the molecule is CCOC(=O)c1c(C(=O)OCC)c(C(=O)OCC)n(-c2ccc(OC)cc2)c1C(=O)OCC. The summed E-state index contributed by atoms with van der Waals surface area (Å²) in [6.07, 6.45) is 0. The molecule has 0 radical (unpaired) electrons. The van der Waals surface area contributed by atoms with Crippen molar-refractivity contribution in [2.24, 2.45) is 0 Å². The molecule has 10 heteroatoms. The molecular weight excluding hydrogens is 434 g/mol. The zero-order chi connectivity index (χ0) is 24.5. The van der Waals surface area contributed by atoms with Crippen molar-refractivity contribution in [3.63, 3.8) is 0 Å². The smallest absolute Gasteiger partial charge is 0.356 e.